The number of nitrogens with two attached hydrogens (primary N) is 1. The lowest BCUT2D eigenvalue weighted by Crippen LogP contribution is -2.58. The molecule has 2 aliphatic heterocycles. The second-order valence-electron chi connectivity index (χ2n) is 5.46. The predicted octanol–water partition coefficient (Wildman–Crippen LogP) is 1.90. The maximum absolute atomic E-state index is 13.9. The summed E-state index contributed by atoms with van der Waals surface area (Å²) in [5, 5.41) is 0. The molecule has 0 amide bonds. The van der Waals surface area contributed by atoms with Gasteiger partial charge in [-0.2, -0.15) is 0 Å². The summed E-state index contributed by atoms with van der Waals surface area (Å²) in [6, 6.07) is 5.31. The average molecular weight is 250 g/mol. The monoisotopic (exact) mass is 250 g/mol. The van der Waals surface area contributed by atoms with E-state index < -0.39 is 0 Å². The third-order valence-electron chi connectivity index (χ3n) is 4.19. The molecule has 3 nitrogen and oxygen atoms in total. The van der Waals surface area contributed by atoms with E-state index in [0.29, 0.717) is 17.6 Å². The molecule has 0 aliphatic carbocycles. The highest BCUT2D eigenvalue weighted by Crippen LogP contribution is 2.42. The van der Waals surface area contributed by atoms with Gasteiger partial charge < -0.3 is 15.4 Å². The fourth-order valence-corrected chi connectivity index (χ4v) is 2.99. The Hall–Kier alpha value is -1.13. The molecular weight excluding hydrogens is 231 g/mol. The van der Waals surface area contributed by atoms with Crippen LogP contribution < -0.4 is 10.6 Å². The van der Waals surface area contributed by atoms with Gasteiger partial charge in [-0.1, -0.05) is 6.07 Å². The number of hydrogen-bond donors (Lipinski definition) is 1. The summed E-state index contributed by atoms with van der Waals surface area (Å²) < 4.78 is 19.3. The highest BCUT2D eigenvalue weighted by Gasteiger charge is 2.44. The van der Waals surface area contributed by atoms with Crippen LogP contribution in [-0.4, -0.2) is 26.3 Å². The van der Waals surface area contributed by atoms with E-state index in [0.717, 1.165) is 44.7 Å². The van der Waals surface area contributed by atoms with Crippen LogP contribution in [0.1, 0.15) is 18.4 Å². The van der Waals surface area contributed by atoms with Crippen molar-refractivity contribution in [1.29, 1.82) is 0 Å². The van der Waals surface area contributed by atoms with Gasteiger partial charge in [0.05, 0.1) is 5.69 Å². The van der Waals surface area contributed by atoms with Gasteiger partial charge in [-0.15, -0.1) is 0 Å². The van der Waals surface area contributed by atoms with E-state index in [1.54, 1.807) is 6.07 Å². The van der Waals surface area contributed by atoms with Gasteiger partial charge in [-0.3, -0.25) is 0 Å². The van der Waals surface area contributed by atoms with Crippen molar-refractivity contribution in [2.75, 3.05) is 31.2 Å². The minimum Gasteiger partial charge on any atom is -0.381 e. The van der Waals surface area contributed by atoms with Crippen LogP contribution >= 0.6 is 0 Å². The van der Waals surface area contributed by atoms with E-state index >= 15 is 0 Å². The molecule has 0 atom stereocenters. The number of halogens is 1. The molecule has 2 saturated heterocycles. The van der Waals surface area contributed by atoms with Gasteiger partial charge in [-0.05, 0) is 30.5 Å². The normalized spacial score (nSPS) is 22.0. The van der Waals surface area contributed by atoms with Crippen LogP contribution in [0.4, 0.5) is 10.1 Å². The second-order valence-corrected chi connectivity index (χ2v) is 5.46. The first-order valence-corrected chi connectivity index (χ1v) is 6.54. The van der Waals surface area contributed by atoms with E-state index in [-0.39, 0.29) is 5.82 Å². The molecule has 1 aromatic rings. The predicted molar refractivity (Wildman–Crippen MR) is 69.0 cm³/mol. The first-order chi connectivity index (χ1) is 8.72. The average Bonchev–Trinajstić information content (AvgIpc) is 2.37. The van der Waals surface area contributed by atoms with Crippen molar-refractivity contribution in [2.24, 2.45) is 11.1 Å². The number of rotatable bonds is 2. The number of benzene rings is 1. The third kappa shape index (κ3) is 1.99. The van der Waals surface area contributed by atoms with Crippen molar-refractivity contribution in [3.05, 3.63) is 29.6 Å². The fourth-order valence-electron chi connectivity index (χ4n) is 2.99. The van der Waals surface area contributed by atoms with Crippen LogP contribution in [0.2, 0.25) is 0 Å². The van der Waals surface area contributed by atoms with Crippen molar-refractivity contribution in [1.82, 2.24) is 0 Å². The Balaban J connectivity index is 1.70. The zero-order chi connectivity index (χ0) is 12.6. The van der Waals surface area contributed by atoms with Crippen molar-refractivity contribution < 1.29 is 9.13 Å². The molecule has 98 valence electrons. The van der Waals surface area contributed by atoms with E-state index in [2.05, 4.69) is 4.90 Å². The lowest BCUT2D eigenvalue weighted by molar-refractivity contribution is -0.000387. The highest BCUT2D eigenvalue weighted by molar-refractivity contribution is 5.52. The number of hydrogen-bond acceptors (Lipinski definition) is 3. The number of nitrogens with zero attached hydrogens (tertiary/aromatic N) is 1. The molecule has 4 heteroatoms. The molecule has 1 spiro atoms. The molecule has 2 heterocycles. The summed E-state index contributed by atoms with van der Waals surface area (Å²) >= 11 is 0. The lowest BCUT2D eigenvalue weighted by atomic mass is 9.73. The third-order valence-corrected chi connectivity index (χ3v) is 4.19. The van der Waals surface area contributed by atoms with Crippen molar-refractivity contribution >= 4 is 5.69 Å². The van der Waals surface area contributed by atoms with E-state index in [1.807, 2.05) is 12.1 Å². The molecule has 2 fully saturated rings. The molecule has 0 aromatic heterocycles. The van der Waals surface area contributed by atoms with Crippen LogP contribution in [0.3, 0.4) is 0 Å². The fraction of sp³-hybridized carbons (Fsp3) is 0.571. The summed E-state index contributed by atoms with van der Waals surface area (Å²) in [4.78, 5) is 2.13. The van der Waals surface area contributed by atoms with Gasteiger partial charge in [0.15, 0.2) is 0 Å². The van der Waals surface area contributed by atoms with Gasteiger partial charge in [-0.25, -0.2) is 4.39 Å². The molecule has 2 N–H and O–H groups in total. The van der Waals surface area contributed by atoms with Crippen LogP contribution in [0, 0.1) is 11.2 Å². The highest BCUT2D eigenvalue weighted by atomic mass is 19.1. The van der Waals surface area contributed by atoms with Crippen LogP contribution in [-0.2, 0) is 11.3 Å². The summed E-state index contributed by atoms with van der Waals surface area (Å²) in [6.45, 7) is 3.99. The van der Waals surface area contributed by atoms with Crippen molar-refractivity contribution in [3.8, 4) is 0 Å². The standard InChI is InChI=1S/C14H19FN2O/c15-12-7-11(8-16)1-2-13(12)17-9-14(10-17)3-5-18-6-4-14/h1-2,7H,3-6,8-10,16H2. The largest absolute Gasteiger partial charge is 0.381 e. The summed E-state index contributed by atoms with van der Waals surface area (Å²) in [7, 11) is 0. The van der Waals surface area contributed by atoms with Crippen molar-refractivity contribution in [2.45, 2.75) is 19.4 Å². The van der Waals surface area contributed by atoms with Crippen LogP contribution in [0.15, 0.2) is 18.2 Å². The summed E-state index contributed by atoms with van der Waals surface area (Å²) in [5.41, 5.74) is 7.44. The minimum absolute atomic E-state index is 0.153. The smallest absolute Gasteiger partial charge is 0.146 e. The Morgan fingerprint density at radius 3 is 2.61 bits per heavy atom. The van der Waals surface area contributed by atoms with Crippen molar-refractivity contribution in [3.63, 3.8) is 0 Å². The molecule has 18 heavy (non-hydrogen) atoms. The Morgan fingerprint density at radius 2 is 2.00 bits per heavy atom. The quantitative estimate of drug-likeness (QED) is 0.871. The van der Waals surface area contributed by atoms with Gasteiger partial charge in [0.25, 0.3) is 0 Å². The maximum atomic E-state index is 13.9. The molecule has 2 aliphatic rings. The Morgan fingerprint density at radius 1 is 1.28 bits per heavy atom. The van der Waals surface area contributed by atoms with Gasteiger partial charge in [0.2, 0.25) is 0 Å². The van der Waals surface area contributed by atoms with E-state index in [1.165, 1.54) is 0 Å². The Kier molecular flexibility index (Phi) is 2.99. The number of ether oxygens (including phenoxy) is 1. The SMILES string of the molecule is NCc1ccc(N2CC3(CCOCC3)C2)c(F)c1. The molecule has 1 aromatic carbocycles. The maximum Gasteiger partial charge on any atom is 0.146 e. The molecule has 0 radical (unpaired) electrons. The topological polar surface area (TPSA) is 38.5 Å². The molecule has 3 rings (SSSR count). The summed E-state index contributed by atoms with van der Waals surface area (Å²) in [6.07, 6.45) is 2.21. The van der Waals surface area contributed by atoms with Gasteiger partial charge in [0.1, 0.15) is 5.82 Å². The Bertz CT molecular complexity index is 435. The number of anilines is 1. The van der Waals surface area contributed by atoms with Gasteiger partial charge >= 0.3 is 0 Å². The van der Waals surface area contributed by atoms with Crippen LogP contribution in [0.5, 0.6) is 0 Å². The second kappa shape index (κ2) is 4.52. The zero-order valence-corrected chi connectivity index (χ0v) is 10.5. The minimum atomic E-state index is -0.153. The molecule has 0 saturated carbocycles. The van der Waals surface area contributed by atoms with Gasteiger partial charge in [0, 0.05) is 38.3 Å². The molecule has 0 bridgehead atoms. The molecule has 0 unspecified atom stereocenters. The summed E-state index contributed by atoms with van der Waals surface area (Å²) in [5.74, 6) is -0.153. The van der Waals surface area contributed by atoms with E-state index in [4.69, 9.17) is 10.5 Å². The lowest BCUT2D eigenvalue weighted by Gasteiger charge is -2.53. The van der Waals surface area contributed by atoms with E-state index in [9.17, 15) is 4.39 Å². The zero-order valence-electron chi connectivity index (χ0n) is 10.5. The van der Waals surface area contributed by atoms with Crippen LogP contribution in [0.25, 0.3) is 0 Å². The molecular formula is C14H19FN2O. The first kappa shape index (κ1) is 11.9. The first-order valence-electron chi connectivity index (χ1n) is 6.54. The Labute approximate surface area is 107 Å².